The van der Waals surface area contributed by atoms with Crippen LogP contribution in [0.2, 0.25) is 0 Å². The molecular formula is C12H22N2O4S. The first-order valence-corrected chi connectivity index (χ1v) is 7.74. The first kappa shape index (κ1) is 16.2. The summed E-state index contributed by atoms with van der Waals surface area (Å²) in [6.45, 7) is 4.58. The van der Waals surface area contributed by atoms with Crippen molar-refractivity contribution in [2.24, 2.45) is 0 Å². The fraction of sp³-hybridized carbons (Fsp3) is 0.667. The number of aliphatic hydroxyl groups is 1. The molecule has 0 aliphatic rings. The van der Waals surface area contributed by atoms with Crippen LogP contribution in [-0.4, -0.2) is 32.7 Å². The quantitative estimate of drug-likeness (QED) is 0.659. The highest BCUT2D eigenvalue weighted by Gasteiger charge is 2.19. The molecule has 1 atom stereocenters. The van der Waals surface area contributed by atoms with E-state index in [0.717, 1.165) is 6.42 Å². The van der Waals surface area contributed by atoms with Gasteiger partial charge >= 0.3 is 0 Å². The number of rotatable bonds is 8. The van der Waals surface area contributed by atoms with Crippen molar-refractivity contribution >= 4 is 10.0 Å². The number of hydrogen-bond acceptors (Lipinski definition) is 5. The van der Waals surface area contributed by atoms with E-state index >= 15 is 0 Å². The second kappa shape index (κ2) is 6.51. The Bertz CT molecular complexity index is 494. The van der Waals surface area contributed by atoms with Crippen LogP contribution >= 0.6 is 0 Å². The van der Waals surface area contributed by atoms with Gasteiger partial charge in [0.2, 0.25) is 5.09 Å². The van der Waals surface area contributed by atoms with Crippen LogP contribution in [0.1, 0.15) is 32.4 Å². The van der Waals surface area contributed by atoms with Crippen LogP contribution in [0.5, 0.6) is 0 Å². The zero-order valence-corrected chi connectivity index (χ0v) is 12.4. The third-order valence-electron chi connectivity index (χ3n) is 2.76. The van der Waals surface area contributed by atoms with E-state index in [1.807, 2.05) is 6.92 Å². The molecule has 6 nitrogen and oxygen atoms in total. The summed E-state index contributed by atoms with van der Waals surface area (Å²) in [6.07, 6.45) is 1.61. The average Bonchev–Trinajstić information content (AvgIpc) is 2.78. The van der Waals surface area contributed by atoms with Crippen molar-refractivity contribution in [3.63, 3.8) is 0 Å². The fourth-order valence-corrected chi connectivity index (χ4v) is 2.45. The van der Waals surface area contributed by atoms with E-state index in [1.54, 1.807) is 13.0 Å². The van der Waals surface area contributed by atoms with Gasteiger partial charge in [0.1, 0.15) is 5.76 Å². The predicted octanol–water partition coefficient (Wildman–Crippen LogP) is 0.828. The van der Waals surface area contributed by atoms with Gasteiger partial charge < -0.3 is 14.8 Å². The van der Waals surface area contributed by atoms with E-state index in [1.165, 1.54) is 13.1 Å². The summed E-state index contributed by atoms with van der Waals surface area (Å²) in [5.74, 6) is 0.515. The van der Waals surface area contributed by atoms with Crippen molar-refractivity contribution in [2.45, 2.75) is 43.9 Å². The van der Waals surface area contributed by atoms with Crippen molar-refractivity contribution in [3.8, 4) is 0 Å². The summed E-state index contributed by atoms with van der Waals surface area (Å²) in [5, 5.41) is 12.9. The van der Waals surface area contributed by atoms with Crippen molar-refractivity contribution in [2.75, 3.05) is 13.6 Å². The molecule has 0 saturated carbocycles. The standard InChI is InChI=1S/C12H22N2O4S/c1-4-7-12(2,15)9-14-8-10-5-6-11(18-10)19(16,17)13-3/h5-6,13-15H,4,7-9H2,1-3H3. The van der Waals surface area contributed by atoms with E-state index in [9.17, 15) is 13.5 Å². The monoisotopic (exact) mass is 290 g/mol. The molecule has 0 bridgehead atoms. The number of hydrogen-bond donors (Lipinski definition) is 3. The summed E-state index contributed by atoms with van der Waals surface area (Å²) in [5.41, 5.74) is -0.763. The molecule has 19 heavy (non-hydrogen) atoms. The number of sulfonamides is 1. The van der Waals surface area contributed by atoms with Crippen molar-refractivity contribution in [1.82, 2.24) is 10.0 Å². The number of nitrogens with one attached hydrogen (secondary N) is 2. The lowest BCUT2D eigenvalue weighted by atomic mass is 10.0. The van der Waals surface area contributed by atoms with Crippen molar-refractivity contribution in [3.05, 3.63) is 17.9 Å². The van der Waals surface area contributed by atoms with Crippen LogP contribution in [-0.2, 0) is 16.6 Å². The first-order chi connectivity index (χ1) is 8.80. The van der Waals surface area contributed by atoms with Crippen molar-refractivity contribution < 1.29 is 17.9 Å². The van der Waals surface area contributed by atoms with Crippen LogP contribution in [0, 0.1) is 0 Å². The second-order valence-electron chi connectivity index (χ2n) is 4.78. The molecule has 7 heteroatoms. The molecule has 0 radical (unpaired) electrons. The van der Waals surface area contributed by atoms with Crippen molar-refractivity contribution in [1.29, 1.82) is 0 Å². The maximum atomic E-state index is 11.5. The Morgan fingerprint density at radius 1 is 1.42 bits per heavy atom. The Balaban J connectivity index is 2.52. The molecule has 1 rings (SSSR count). The lowest BCUT2D eigenvalue weighted by molar-refractivity contribution is 0.0493. The molecule has 1 aromatic heterocycles. The lowest BCUT2D eigenvalue weighted by Crippen LogP contribution is -2.37. The van der Waals surface area contributed by atoms with Crippen LogP contribution < -0.4 is 10.0 Å². The molecule has 0 saturated heterocycles. The van der Waals surface area contributed by atoms with E-state index in [0.29, 0.717) is 25.3 Å². The van der Waals surface area contributed by atoms with E-state index in [4.69, 9.17) is 4.42 Å². The second-order valence-corrected chi connectivity index (χ2v) is 6.60. The zero-order valence-electron chi connectivity index (χ0n) is 11.6. The smallest absolute Gasteiger partial charge is 0.273 e. The molecule has 0 amide bonds. The maximum absolute atomic E-state index is 11.5. The van der Waals surface area contributed by atoms with Gasteiger partial charge in [-0.1, -0.05) is 13.3 Å². The SMILES string of the molecule is CCCC(C)(O)CNCc1ccc(S(=O)(=O)NC)o1. The summed E-state index contributed by atoms with van der Waals surface area (Å²) in [7, 11) is -2.20. The minimum Gasteiger partial charge on any atom is -0.447 e. The Labute approximate surface area is 114 Å². The van der Waals surface area contributed by atoms with Crippen LogP contribution in [0.4, 0.5) is 0 Å². The third-order valence-corrected chi connectivity index (χ3v) is 4.05. The maximum Gasteiger partial charge on any atom is 0.273 e. The largest absolute Gasteiger partial charge is 0.447 e. The Morgan fingerprint density at radius 2 is 2.11 bits per heavy atom. The van der Waals surface area contributed by atoms with Crippen LogP contribution in [0.15, 0.2) is 21.6 Å². The van der Waals surface area contributed by atoms with E-state index in [2.05, 4.69) is 10.0 Å². The number of furan rings is 1. The molecule has 0 aliphatic carbocycles. The van der Waals surface area contributed by atoms with Gasteiger partial charge in [-0.25, -0.2) is 13.1 Å². The Hall–Kier alpha value is -0.890. The summed E-state index contributed by atoms with van der Waals surface area (Å²) >= 11 is 0. The molecule has 3 N–H and O–H groups in total. The Kier molecular flexibility index (Phi) is 5.54. The topological polar surface area (TPSA) is 91.6 Å². The van der Waals surface area contributed by atoms with Gasteiger partial charge in [0.15, 0.2) is 0 Å². The molecule has 110 valence electrons. The molecule has 1 aromatic rings. The molecule has 0 fully saturated rings. The van der Waals surface area contributed by atoms with Gasteiger partial charge in [0.25, 0.3) is 10.0 Å². The summed E-state index contributed by atoms with van der Waals surface area (Å²) in [4.78, 5) is 0. The zero-order chi connectivity index (χ0) is 14.5. The molecule has 0 aliphatic heterocycles. The molecular weight excluding hydrogens is 268 g/mol. The van der Waals surface area contributed by atoms with Gasteiger partial charge in [-0.15, -0.1) is 0 Å². The van der Waals surface area contributed by atoms with Gasteiger partial charge in [-0.3, -0.25) is 0 Å². The minimum absolute atomic E-state index is 0.105. The normalized spacial score (nSPS) is 15.4. The molecule has 0 aromatic carbocycles. The van der Waals surface area contributed by atoms with Gasteiger partial charge in [0.05, 0.1) is 12.1 Å². The van der Waals surface area contributed by atoms with E-state index < -0.39 is 15.6 Å². The lowest BCUT2D eigenvalue weighted by Gasteiger charge is -2.22. The van der Waals surface area contributed by atoms with Gasteiger partial charge in [-0.2, -0.15) is 0 Å². The van der Waals surface area contributed by atoms with Crippen LogP contribution in [0.25, 0.3) is 0 Å². The highest BCUT2D eigenvalue weighted by atomic mass is 32.2. The highest BCUT2D eigenvalue weighted by molar-refractivity contribution is 7.89. The van der Waals surface area contributed by atoms with Gasteiger partial charge in [-0.05, 0) is 32.5 Å². The summed E-state index contributed by atoms with van der Waals surface area (Å²) in [6, 6.07) is 3.01. The van der Waals surface area contributed by atoms with Gasteiger partial charge in [0, 0.05) is 6.54 Å². The predicted molar refractivity (Wildman–Crippen MR) is 72.2 cm³/mol. The third kappa shape index (κ3) is 4.94. The first-order valence-electron chi connectivity index (χ1n) is 6.26. The Morgan fingerprint density at radius 3 is 2.68 bits per heavy atom. The molecule has 0 spiro atoms. The van der Waals surface area contributed by atoms with Crippen LogP contribution in [0.3, 0.4) is 0 Å². The molecule has 1 heterocycles. The summed E-state index contributed by atoms with van der Waals surface area (Å²) < 4.78 is 30.3. The molecule has 1 unspecified atom stereocenters. The minimum atomic E-state index is -3.53. The van der Waals surface area contributed by atoms with E-state index in [-0.39, 0.29) is 5.09 Å². The highest BCUT2D eigenvalue weighted by Crippen LogP contribution is 2.14. The average molecular weight is 290 g/mol. The fourth-order valence-electron chi connectivity index (χ4n) is 1.78.